The molecule has 0 aromatic heterocycles. The van der Waals surface area contributed by atoms with E-state index in [9.17, 15) is 19.8 Å². The molecule has 0 bridgehead atoms. The van der Waals surface area contributed by atoms with Crippen LogP contribution in [-0.4, -0.2) is 40.6 Å². The van der Waals surface area contributed by atoms with Crippen molar-refractivity contribution in [2.75, 3.05) is 13.1 Å². The highest BCUT2D eigenvalue weighted by Crippen LogP contribution is 2.58. The number of Topliss-reactive ketones (excluding diaryl/α,β-unsaturated/α-hetero) is 1. The van der Waals surface area contributed by atoms with Gasteiger partial charge in [-0.2, -0.15) is 0 Å². The van der Waals surface area contributed by atoms with E-state index in [2.05, 4.69) is 5.32 Å². The summed E-state index contributed by atoms with van der Waals surface area (Å²) >= 11 is 0. The lowest BCUT2D eigenvalue weighted by molar-refractivity contribution is -0.147. The smallest absolute Gasteiger partial charge is 0.252 e. The number of carbonyl (C=O) groups is 2. The predicted molar refractivity (Wildman–Crippen MR) is 105 cm³/mol. The highest BCUT2D eigenvalue weighted by Gasteiger charge is 2.61. The van der Waals surface area contributed by atoms with Crippen LogP contribution in [0.5, 0.6) is 5.75 Å². The Hall–Kier alpha value is -1.92. The SMILES string of the molecule is C[C@@H]1Cc2ccc(C(N)=O)c(O)c2[C@@]2(CCNCC3CC3)CC(=O)CC[C@@]12O. The van der Waals surface area contributed by atoms with Gasteiger partial charge in [0, 0.05) is 23.8 Å². The van der Waals surface area contributed by atoms with E-state index in [1.54, 1.807) is 6.07 Å². The lowest BCUT2D eigenvalue weighted by atomic mass is 9.49. The standard InChI is InChI=1S/C22H30N2O4/c1-13-10-15-4-5-17(20(23)27)19(26)18(15)21(8-9-24-12-14-2-3-14)11-16(25)6-7-22(13,21)28/h4-5,13-14,24,26,28H,2-3,6-12H2,1H3,(H2,23,27)/t13-,21-,22-/m1/s1. The average molecular weight is 386 g/mol. The number of benzene rings is 1. The first kappa shape index (κ1) is 19.4. The molecule has 1 aromatic carbocycles. The minimum Gasteiger partial charge on any atom is -0.507 e. The molecule has 3 aliphatic rings. The Morgan fingerprint density at radius 3 is 2.79 bits per heavy atom. The first-order valence-electron chi connectivity index (χ1n) is 10.4. The molecule has 0 unspecified atom stereocenters. The van der Waals surface area contributed by atoms with Gasteiger partial charge in [-0.05, 0) is 68.7 Å². The van der Waals surface area contributed by atoms with E-state index >= 15 is 0 Å². The Kier molecular flexibility index (Phi) is 4.74. The third-order valence-electron chi connectivity index (χ3n) is 7.32. The van der Waals surface area contributed by atoms with Crippen molar-refractivity contribution in [2.24, 2.45) is 17.6 Å². The minimum atomic E-state index is -1.09. The van der Waals surface area contributed by atoms with Crippen LogP contribution in [0.2, 0.25) is 0 Å². The summed E-state index contributed by atoms with van der Waals surface area (Å²) in [6.45, 7) is 3.61. The van der Waals surface area contributed by atoms with Crippen molar-refractivity contribution >= 4 is 11.7 Å². The summed E-state index contributed by atoms with van der Waals surface area (Å²) in [5.41, 5.74) is 4.99. The van der Waals surface area contributed by atoms with E-state index in [1.807, 2.05) is 13.0 Å². The van der Waals surface area contributed by atoms with Gasteiger partial charge in [-0.3, -0.25) is 9.59 Å². The molecule has 2 fully saturated rings. The summed E-state index contributed by atoms with van der Waals surface area (Å²) < 4.78 is 0. The topological polar surface area (TPSA) is 113 Å². The van der Waals surface area contributed by atoms with Crippen molar-refractivity contribution < 1.29 is 19.8 Å². The molecule has 0 aliphatic heterocycles. The van der Waals surface area contributed by atoms with Crippen molar-refractivity contribution in [1.82, 2.24) is 5.32 Å². The molecule has 0 saturated heterocycles. The maximum Gasteiger partial charge on any atom is 0.252 e. The maximum atomic E-state index is 12.6. The van der Waals surface area contributed by atoms with Crippen LogP contribution in [0.1, 0.15) is 66.9 Å². The number of rotatable bonds is 6. The van der Waals surface area contributed by atoms with Crippen molar-refractivity contribution in [1.29, 1.82) is 0 Å². The molecule has 3 aliphatic carbocycles. The largest absolute Gasteiger partial charge is 0.507 e. The number of phenols is 1. The molecule has 2 saturated carbocycles. The second-order valence-electron chi connectivity index (χ2n) is 9.08. The fourth-order valence-corrected chi connectivity index (χ4v) is 5.56. The van der Waals surface area contributed by atoms with E-state index in [1.165, 1.54) is 12.8 Å². The number of hydrogen-bond donors (Lipinski definition) is 4. The zero-order valence-corrected chi connectivity index (χ0v) is 16.5. The molecule has 6 heteroatoms. The lowest BCUT2D eigenvalue weighted by Crippen LogP contribution is -2.63. The summed E-state index contributed by atoms with van der Waals surface area (Å²) in [6, 6.07) is 3.38. The third kappa shape index (κ3) is 2.94. The van der Waals surface area contributed by atoms with Crippen LogP contribution in [0.15, 0.2) is 12.1 Å². The molecule has 6 nitrogen and oxygen atoms in total. The van der Waals surface area contributed by atoms with Crippen LogP contribution in [-0.2, 0) is 16.6 Å². The van der Waals surface area contributed by atoms with Crippen LogP contribution in [0.3, 0.4) is 0 Å². The Labute approximate surface area is 165 Å². The van der Waals surface area contributed by atoms with Crippen molar-refractivity contribution in [2.45, 2.75) is 62.9 Å². The number of aromatic hydroxyl groups is 1. The van der Waals surface area contributed by atoms with Crippen molar-refractivity contribution in [3.05, 3.63) is 28.8 Å². The number of nitrogens with one attached hydrogen (secondary N) is 1. The average Bonchev–Trinajstić information content (AvgIpc) is 3.45. The van der Waals surface area contributed by atoms with Gasteiger partial charge in [0.15, 0.2) is 0 Å². The van der Waals surface area contributed by atoms with Crippen LogP contribution in [0, 0.1) is 11.8 Å². The molecule has 3 atom stereocenters. The van der Waals surface area contributed by atoms with Gasteiger partial charge in [-0.15, -0.1) is 0 Å². The zero-order valence-electron chi connectivity index (χ0n) is 16.5. The summed E-state index contributed by atoms with van der Waals surface area (Å²) in [6.07, 6.45) is 4.56. The number of carbonyl (C=O) groups excluding carboxylic acids is 2. The van der Waals surface area contributed by atoms with Gasteiger partial charge < -0.3 is 21.3 Å². The van der Waals surface area contributed by atoms with Crippen LogP contribution in [0.25, 0.3) is 0 Å². The molecule has 1 amide bonds. The molecule has 4 rings (SSSR count). The Balaban J connectivity index is 1.81. The minimum absolute atomic E-state index is 0.0460. The molecule has 152 valence electrons. The van der Waals surface area contributed by atoms with Crippen LogP contribution in [0.4, 0.5) is 0 Å². The van der Waals surface area contributed by atoms with Gasteiger partial charge in [0.2, 0.25) is 0 Å². The Morgan fingerprint density at radius 2 is 2.11 bits per heavy atom. The summed E-state index contributed by atoms with van der Waals surface area (Å²) in [4.78, 5) is 24.4. The molecule has 0 spiro atoms. The van der Waals surface area contributed by atoms with Gasteiger partial charge in [-0.1, -0.05) is 13.0 Å². The molecule has 28 heavy (non-hydrogen) atoms. The van der Waals surface area contributed by atoms with Gasteiger partial charge in [0.05, 0.1) is 11.2 Å². The lowest BCUT2D eigenvalue weighted by Gasteiger charge is -2.57. The first-order chi connectivity index (χ1) is 13.3. The van der Waals surface area contributed by atoms with Crippen LogP contribution < -0.4 is 11.1 Å². The fourth-order valence-electron chi connectivity index (χ4n) is 5.56. The molecule has 5 N–H and O–H groups in total. The second-order valence-corrected chi connectivity index (χ2v) is 9.08. The van der Waals surface area contributed by atoms with E-state index in [-0.39, 0.29) is 29.4 Å². The molecular weight excluding hydrogens is 356 g/mol. The number of primary amides is 1. The monoisotopic (exact) mass is 386 g/mol. The maximum absolute atomic E-state index is 12.6. The molecule has 0 heterocycles. The summed E-state index contributed by atoms with van der Waals surface area (Å²) in [5, 5.41) is 26.3. The van der Waals surface area contributed by atoms with Crippen molar-refractivity contribution in [3.8, 4) is 5.75 Å². The van der Waals surface area contributed by atoms with E-state index in [0.717, 1.165) is 18.0 Å². The van der Waals surface area contributed by atoms with Crippen LogP contribution >= 0.6 is 0 Å². The number of ketones is 1. The molecular formula is C22H30N2O4. The number of amides is 1. The van der Waals surface area contributed by atoms with E-state index < -0.39 is 16.9 Å². The number of fused-ring (bicyclic) bond motifs is 3. The Bertz CT molecular complexity index is 819. The van der Waals surface area contributed by atoms with Gasteiger partial charge in [-0.25, -0.2) is 0 Å². The van der Waals surface area contributed by atoms with Crippen molar-refractivity contribution in [3.63, 3.8) is 0 Å². The second kappa shape index (κ2) is 6.85. The number of hydrogen-bond acceptors (Lipinski definition) is 5. The quantitative estimate of drug-likeness (QED) is 0.557. The Morgan fingerprint density at radius 1 is 1.36 bits per heavy atom. The number of nitrogens with two attached hydrogens (primary N) is 1. The number of aliphatic hydroxyl groups is 1. The zero-order chi connectivity index (χ0) is 20.1. The third-order valence-corrected chi connectivity index (χ3v) is 7.32. The summed E-state index contributed by atoms with van der Waals surface area (Å²) in [5.74, 6) is -0.0817. The first-order valence-corrected chi connectivity index (χ1v) is 10.4. The summed E-state index contributed by atoms with van der Waals surface area (Å²) in [7, 11) is 0. The highest BCUT2D eigenvalue weighted by atomic mass is 16.3. The predicted octanol–water partition coefficient (Wildman–Crippen LogP) is 1.79. The molecule has 1 aromatic rings. The fraction of sp³-hybridized carbons (Fsp3) is 0.636. The molecule has 0 radical (unpaired) electrons. The van der Waals surface area contributed by atoms with Gasteiger partial charge in [0.1, 0.15) is 11.5 Å². The van der Waals surface area contributed by atoms with E-state index in [4.69, 9.17) is 5.73 Å². The van der Waals surface area contributed by atoms with Gasteiger partial charge in [0.25, 0.3) is 5.91 Å². The normalized spacial score (nSPS) is 31.9. The van der Waals surface area contributed by atoms with Gasteiger partial charge >= 0.3 is 0 Å². The van der Waals surface area contributed by atoms with E-state index in [0.29, 0.717) is 37.8 Å². The highest BCUT2D eigenvalue weighted by molar-refractivity contribution is 5.96.